The highest BCUT2D eigenvalue weighted by Crippen LogP contribution is 2.39. The van der Waals surface area contributed by atoms with Crippen LogP contribution in [0.2, 0.25) is 0 Å². The van der Waals surface area contributed by atoms with Crippen LogP contribution in [0.4, 0.5) is 5.69 Å². The minimum atomic E-state index is -3.32. The first kappa shape index (κ1) is 17.7. The van der Waals surface area contributed by atoms with Gasteiger partial charge in [-0.25, -0.2) is 8.42 Å². The molecule has 0 radical (unpaired) electrons. The quantitative estimate of drug-likeness (QED) is 0.671. The number of carbonyl (C=O) groups is 1. The number of hydrogen-bond acceptors (Lipinski definition) is 4. The zero-order valence-corrected chi connectivity index (χ0v) is 14.4. The number of carbonyl (C=O) groups excluding carboxylic acids is 1. The summed E-state index contributed by atoms with van der Waals surface area (Å²) in [6, 6.07) is 6.42. The van der Waals surface area contributed by atoms with Crippen molar-refractivity contribution in [1.82, 2.24) is 5.32 Å². The highest BCUT2D eigenvalue weighted by Gasteiger charge is 2.41. The summed E-state index contributed by atoms with van der Waals surface area (Å²) in [5.74, 6) is 0.329. The minimum Gasteiger partial charge on any atom is -0.345 e. The highest BCUT2D eigenvalue weighted by molar-refractivity contribution is 7.92. The van der Waals surface area contributed by atoms with Crippen LogP contribution in [0.25, 0.3) is 0 Å². The fraction of sp³-hybridized carbons (Fsp3) is 0.562. The predicted octanol–water partition coefficient (Wildman–Crippen LogP) is 1.70. The van der Waals surface area contributed by atoms with Crippen LogP contribution in [0.1, 0.15) is 43.5 Å². The number of nitrogens with one attached hydrogen (secondary N) is 2. The van der Waals surface area contributed by atoms with E-state index in [0.717, 1.165) is 12.8 Å². The zero-order chi connectivity index (χ0) is 17.1. The van der Waals surface area contributed by atoms with Crippen molar-refractivity contribution in [3.63, 3.8) is 0 Å². The molecule has 0 bridgehead atoms. The summed E-state index contributed by atoms with van der Waals surface area (Å²) in [5, 5.41) is 3.01. The number of amides is 1. The van der Waals surface area contributed by atoms with Crippen molar-refractivity contribution in [2.24, 2.45) is 11.7 Å². The van der Waals surface area contributed by atoms with Crippen LogP contribution in [0.5, 0.6) is 0 Å². The van der Waals surface area contributed by atoms with E-state index in [-0.39, 0.29) is 17.2 Å². The third-order valence-corrected chi connectivity index (χ3v) is 5.69. The van der Waals surface area contributed by atoms with Crippen LogP contribution >= 0.6 is 0 Å². The second-order valence-electron chi connectivity index (χ2n) is 6.35. The van der Waals surface area contributed by atoms with Crippen LogP contribution in [0.15, 0.2) is 24.3 Å². The summed E-state index contributed by atoms with van der Waals surface area (Å²) in [6.45, 7) is 4.18. The third-order valence-electron chi connectivity index (χ3n) is 4.19. The predicted molar refractivity (Wildman–Crippen MR) is 91.8 cm³/mol. The number of sulfonamides is 1. The van der Waals surface area contributed by atoms with E-state index in [9.17, 15) is 13.2 Å². The molecule has 1 amide bonds. The molecule has 1 saturated carbocycles. The molecule has 4 N–H and O–H groups in total. The van der Waals surface area contributed by atoms with Gasteiger partial charge in [0.2, 0.25) is 10.0 Å². The molecular weight excluding hydrogens is 314 g/mol. The molecule has 7 heteroatoms. The van der Waals surface area contributed by atoms with E-state index in [1.807, 2.05) is 6.92 Å². The summed E-state index contributed by atoms with van der Waals surface area (Å²) < 4.78 is 25.9. The van der Waals surface area contributed by atoms with E-state index in [4.69, 9.17) is 5.73 Å². The molecule has 0 heterocycles. The van der Waals surface area contributed by atoms with E-state index < -0.39 is 10.0 Å². The Hall–Kier alpha value is -1.60. The smallest absolute Gasteiger partial charge is 0.251 e. The Labute approximate surface area is 137 Å². The molecule has 0 saturated heterocycles. The molecule has 0 spiro atoms. The van der Waals surface area contributed by atoms with Gasteiger partial charge in [0, 0.05) is 17.8 Å². The molecule has 1 atom stereocenters. The number of nitrogens with two attached hydrogens (primary N) is 1. The summed E-state index contributed by atoms with van der Waals surface area (Å²) in [4.78, 5) is 12.3. The Balaban J connectivity index is 2.03. The van der Waals surface area contributed by atoms with E-state index in [1.165, 1.54) is 0 Å². The van der Waals surface area contributed by atoms with E-state index in [1.54, 1.807) is 31.2 Å². The zero-order valence-electron chi connectivity index (χ0n) is 13.6. The summed E-state index contributed by atoms with van der Waals surface area (Å²) in [5.41, 5.74) is 6.38. The molecule has 6 nitrogen and oxygen atoms in total. The van der Waals surface area contributed by atoms with Gasteiger partial charge in [-0.3, -0.25) is 9.52 Å². The molecule has 23 heavy (non-hydrogen) atoms. The SMILES string of the molecule is CCCS(=O)(=O)Nc1ccc(C(=O)NC(C)(CN)C2CC2)cc1. The van der Waals surface area contributed by atoms with Gasteiger partial charge in [-0.2, -0.15) is 0 Å². The standard InChI is InChI=1S/C16H25N3O3S/c1-3-10-23(21,22)19-14-8-4-12(5-9-14)15(20)18-16(2,11-17)13-6-7-13/h4-5,8-9,13,19H,3,6-7,10-11,17H2,1-2H3,(H,18,20). The number of anilines is 1. The van der Waals surface area contributed by atoms with Crippen molar-refractivity contribution in [1.29, 1.82) is 0 Å². The van der Waals surface area contributed by atoms with Gasteiger partial charge in [0.15, 0.2) is 0 Å². The summed E-state index contributed by atoms with van der Waals surface area (Å²) in [7, 11) is -3.32. The van der Waals surface area contributed by atoms with Gasteiger partial charge < -0.3 is 11.1 Å². The number of hydrogen-bond donors (Lipinski definition) is 3. The van der Waals surface area contributed by atoms with E-state index >= 15 is 0 Å². The fourth-order valence-corrected chi connectivity index (χ4v) is 3.70. The van der Waals surface area contributed by atoms with Crippen molar-refractivity contribution in [3.05, 3.63) is 29.8 Å². The normalized spacial score (nSPS) is 17.3. The molecule has 128 valence electrons. The molecule has 1 aliphatic rings. The minimum absolute atomic E-state index is 0.0749. The first-order valence-electron chi connectivity index (χ1n) is 7.93. The lowest BCUT2D eigenvalue weighted by Gasteiger charge is -2.29. The average molecular weight is 339 g/mol. The molecule has 0 aromatic heterocycles. The van der Waals surface area contributed by atoms with Crippen molar-refractivity contribution >= 4 is 21.6 Å². The molecule has 1 fully saturated rings. The molecular formula is C16H25N3O3S. The highest BCUT2D eigenvalue weighted by atomic mass is 32.2. The Morgan fingerprint density at radius 2 is 1.91 bits per heavy atom. The second kappa shape index (κ2) is 6.88. The van der Waals surface area contributed by atoms with Crippen LogP contribution in [0.3, 0.4) is 0 Å². The number of rotatable bonds is 8. The monoisotopic (exact) mass is 339 g/mol. The summed E-state index contributed by atoms with van der Waals surface area (Å²) in [6.07, 6.45) is 2.73. The van der Waals surface area contributed by atoms with Crippen molar-refractivity contribution in [3.8, 4) is 0 Å². The Morgan fingerprint density at radius 1 is 1.30 bits per heavy atom. The lowest BCUT2D eigenvalue weighted by atomic mass is 9.95. The topological polar surface area (TPSA) is 101 Å². The fourth-order valence-electron chi connectivity index (χ4n) is 2.56. The summed E-state index contributed by atoms with van der Waals surface area (Å²) >= 11 is 0. The van der Waals surface area contributed by atoms with Crippen LogP contribution in [-0.4, -0.2) is 32.2 Å². The first-order valence-corrected chi connectivity index (χ1v) is 9.58. The number of benzene rings is 1. The Kier molecular flexibility index (Phi) is 5.31. The average Bonchev–Trinajstić information content (AvgIpc) is 3.32. The van der Waals surface area contributed by atoms with Crippen molar-refractivity contribution < 1.29 is 13.2 Å². The van der Waals surface area contributed by atoms with Gasteiger partial charge in [0.25, 0.3) is 5.91 Å². The maximum atomic E-state index is 12.3. The maximum Gasteiger partial charge on any atom is 0.251 e. The lowest BCUT2D eigenvalue weighted by Crippen LogP contribution is -2.53. The third kappa shape index (κ3) is 4.68. The Morgan fingerprint density at radius 3 is 2.39 bits per heavy atom. The molecule has 0 aliphatic heterocycles. The molecule has 1 aliphatic carbocycles. The van der Waals surface area contributed by atoms with E-state index in [2.05, 4.69) is 10.0 Å². The molecule has 1 aromatic rings. The maximum absolute atomic E-state index is 12.3. The van der Waals surface area contributed by atoms with Gasteiger partial charge in [0.1, 0.15) is 0 Å². The van der Waals surface area contributed by atoms with Crippen LogP contribution in [0, 0.1) is 5.92 Å². The first-order chi connectivity index (χ1) is 10.8. The van der Waals surface area contributed by atoms with Crippen LogP contribution in [-0.2, 0) is 10.0 Å². The van der Waals surface area contributed by atoms with Gasteiger partial charge in [0.05, 0.1) is 11.3 Å². The van der Waals surface area contributed by atoms with Gasteiger partial charge >= 0.3 is 0 Å². The molecule has 1 aromatic carbocycles. The van der Waals surface area contributed by atoms with Crippen molar-refractivity contribution in [2.45, 2.75) is 38.6 Å². The lowest BCUT2D eigenvalue weighted by molar-refractivity contribution is 0.0898. The second-order valence-corrected chi connectivity index (χ2v) is 8.19. The Bertz CT molecular complexity index is 654. The van der Waals surface area contributed by atoms with Gasteiger partial charge in [-0.1, -0.05) is 6.92 Å². The largest absolute Gasteiger partial charge is 0.345 e. The van der Waals surface area contributed by atoms with E-state index in [0.29, 0.717) is 30.1 Å². The van der Waals surface area contributed by atoms with Crippen molar-refractivity contribution in [2.75, 3.05) is 17.0 Å². The van der Waals surface area contributed by atoms with Gasteiger partial charge in [-0.05, 0) is 56.4 Å². The van der Waals surface area contributed by atoms with Gasteiger partial charge in [-0.15, -0.1) is 0 Å². The van der Waals surface area contributed by atoms with Crippen LogP contribution < -0.4 is 15.8 Å². The molecule has 2 rings (SSSR count). The molecule has 1 unspecified atom stereocenters.